The average Bonchev–Trinajstić information content (AvgIpc) is 2.77. The maximum atomic E-state index is 13.1. The number of amides is 1. The predicted octanol–water partition coefficient (Wildman–Crippen LogP) is 2.41. The van der Waals surface area contributed by atoms with Crippen LogP contribution in [0, 0.1) is 0 Å². The van der Waals surface area contributed by atoms with Gasteiger partial charge in [-0.25, -0.2) is 33.1 Å². The summed E-state index contributed by atoms with van der Waals surface area (Å²) >= 11 is 9.09. The van der Waals surface area contributed by atoms with Crippen LogP contribution in [0.3, 0.4) is 0 Å². The summed E-state index contributed by atoms with van der Waals surface area (Å²) in [7, 11) is 4.01. The maximum Gasteiger partial charge on any atom is 0.417 e. The van der Waals surface area contributed by atoms with Crippen LogP contribution < -0.4 is 21.8 Å². The molecule has 0 aliphatic heterocycles. The number of likely N-dealkylation sites (N-methyl/N-ethyl adjacent to an activating group) is 1. The highest BCUT2D eigenvalue weighted by atomic mass is 79.9. The molecule has 1 aromatic carbocycles. The van der Waals surface area contributed by atoms with Gasteiger partial charge in [0.15, 0.2) is 0 Å². The molecule has 0 fully saturated rings. The van der Waals surface area contributed by atoms with Gasteiger partial charge in [0.25, 0.3) is 0 Å². The Morgan fingerprint density at radius 1 is 1.14 bits per heavy atom. The van der Waals surface area contributed by atoms with Gasteiger partial charge < -0.3 is 9.64 Å². The lowest BCUT2D eigenvalue weighted by atomic mass is 10.3. The van der Waals surface area contributed by atoms with Crippen molar-refractivity contribution in [1.82, 2.24) is 23.6 Å². The normalized spacial score (nSPS) is 11.4. The number of nitrogens with zero attached hydrogens (tertiary/aromatic N) is 5. The zero-order chi connectivity index (χ0) is 26.2. The highest BCUT2D eigenvalue weighted by molar-refractivity contribution is 9.10. The second-order valence-electron chi connectivity index (χ2n) is 7.34. The first kappa shape index (κ1) is 26.2. The minimum atomic E-state index is -4.65. The largest absolute Gasteiger partial charge is 0.437 e. The van der Waals surface area contributed by atoms with Gasteiger partial charge in [-0.2, -0.15) is 13.2 Å². The molecule has 186 valence electrons. The van der Waals surface area contributed by atoms with E-state index in [0.717, 1.165) is 7.05 Å². The fourth-order valence-electron chi connectivity index (χ4n) is 2.81. The van der Waals surface area contributed by atoms with Crippen LogP contribution in [0.2, 0.25) is 5.02 Å². The van der Waals surface area contributed by atoms with E-state index in [1.807, 2.05) is 0 Å². The number of carbonyl (C=O) groups excluding carboxylic acids is 1. The van der Waals surface area contributed by atoms with E-state index in [1.165, 1.54) is 37.2 Å². The van der Waals surface area contributed by atoms with E-state index < -0.39 is 46.3 Å². The van der Waals surface area contributed by atoms with Crippen molar-refractivity contribution in [2.24, 2.45) is 7.05 Å². The zero-order valence-electron chi connectivity index (χ0n) is 18.3. The zero-order valence-corrected chi connectivity index (χ0v) is 20.6. The highest BCUT2D eigenvalue weighted by Gasteiger charge is 2.32. The number of rotatable bonds is 5. The first-order valence-electron chi connectivity index (χ1n) is 9.56. The number of hydrogen-bond acceptors (Lipinski definition) is 6. The van der Waals surface area contributed by atoms with E-state index in [-0.39, 0.29) is 21.8 Å². The molecule has 0 unspecified atom stereocenters. The first-order valence-corrected chi connectivity index (χ1v) is 10.7. The van der Waals surface area contributed by atoms with Crippen LogP contribution in [0.1, 0.15) is 5.56 Å². The Labute approximate surface area is 207 Å². The van der Waals surface area contributed by atoms with E-state index >= 15 is 0 Å². The van der Waals surface area contributed by atoms with Crippen LogP contribution in [-0.4, -0.2) is 43.6 Å². The summed E-state index contributed by atoms with van der Waals surface area (Å²) in [6.45, 7) is -0.613. The van der Waals surface area contributed by atoms with Gasteiger partial charge in [0.1, 0.15) is 17.3 Å². The number of ether oxygens (including phenoxy) is 1. The molecule has 35 heavy (non-hydrogen) atoms. The molecule has 0 aliphatic rings. The van der Waals surface area contributed by atoms with E-state index in [4.69, 9.17) is 16.3 Å². The van der Waals surface area contributed by atoms with Gasteiger partial charge >= 0.3 is 23.2 Å². The lowest BCUT2D eigenvalue weighted by Gasteiger charge is -2.15. The van der Waals surface area contributed by atoms with Gasteiger partial charge in [0, 0.05) is 37.9 Å². The Morgan fingerprint density at radius 2 is 1.80 bits per heavy atom. The molecule has 0 N–H and O–H groups in total. The molecular weight excluding hydrogens is 563 g/mol. The third-order valence-electron chi connectivity index (χ3n) is 4.72. The number of alkyl halides is 3. The SMILES string of the molecule is CN(C)C(=O)Cn1c(=O)n(C)c(=O)n(-c2cc(Oc3ncc(C(F)(F)F)cc3Cl)ccc2Br)c1=O. The van der Waals surface area contributed by atoms with Crippen molar-refractivity contribution < 1.29 is 22.7 Å². The van der Waals surface area contributed by atoms with Gasteiger partial charge in [0.05, 0.1) is 11.3 Å². The van der Waals surface area contributed by atoms with E-state index in [9.17, 15) is 32.3 Å². The molecule has 0 saturated carbocycles. The van der Waals surface area contributed by atoms with Gasteiger partial charge in [-0.05, 0) is 34.1 Å². The molecule has 0 aliphatic carbocycles. The number of aromatic nitrogens is 4. The predicted molar refractivity (Wildman–Crippen MR) is 122 cm³/mol. The Balaban J connectivity index is 2.12. The molecule has 0 saturated heterocycles. The van der Waals surface area contributed by atoms with Crippen LogP contribution in [0.4, 0.5) is 13.2 Å². The lowest BCUT2D eigenvalue weighted by Crippen LogP contribution is -2.54. The highest BCUT2D eigenvalue weighted by Crippen LogP contribution is 2.35. The van der Waals surface area contributed by atoms with E-state index in [2.05, 4.69) is 20.9 Å². The minimum absolute atomic E-state index is 0.0339. The second-order valence-corrected chi connectivity index (χ2v) is 8.60. The summed E-state index contributed by atoms with van der Waals surface area (Å²) < 4.78 is 46.1. The molecule has 2 heterocycles. The summed E-state index contributed by atoms with van der Waals surface area (Å²) in [4.78, 5) is 55.2. The van der Waals surface area contributed by atoms with Crippen LogP contribution in [0.15, 0.2) is 49.3 Å². The minimum Gasteiger partial charge on any atom is -0.437 e. The number of pyridine rings is 1. The van der Waals surface area contributed by atoms with Gasteiger partial charge in [-0.1, -0.05) is 11.6 Å². The summed E-state index contributed by atoms with van der Waals surface area (Å²) in [5, 5.41) is -0.423. The Kier molecular flexibility index (Phi) is 7.26. The monoisotopic (exact) mass is 577 g/mol. The third-order valence-corrected chi connectivity index (χ3v) is 5.66. The van der Waals surface area contributed by atoms with Crippen molar-refractivity contribution in [1.29, 1.82) is 0 Å². The van der Waals surface area contributed by atoms with Crippen LogP contribution in [0.25, 0.3) is 5.69 Å². The third kappa shape index (κ3) is 5.32. The van der Waals surface area contributed by atoms with Crippen molar-refractivity contribution in [3.05, 3.63) is 77.0 Å². The van der Waals surface area contributed by atoms with E-state index in [1.54, 1.807) is 0 Å². The molecule has 0 bridgehead atoms. The lowest BCUT2D eigenvalue weighted by molar-refractivity contribution is -0.137. The first-order chi connectivity index (χ1) is 16.2. The summed E-state index contributed by atoms with van der Waals surface area (Å²) in [5.74, 6) is -0.947. The van der Waals surface area contributed by atoms with Gasteiger partial charge in [-0.3, -0.25) is 4.79 Å². The van der Waals surface area contributed by atoms with Gasteiger partial charge in [0.2, 0.25) is 11.8 Å². The Bertz CT molecular complexity index is 1500. The quantitative estimate of drug-likeness (QED) is 0.460. The fraction of sp³-hybridized carbons (Fsp3) is 0.250. The van der Waals surface area contributed by atoms with Crippen molar-refractivity contribution in [2.45, 2.75) is 12.7 Å². The van der Waals surface area contributed by atoms with Crippen molar-refractivity contribution in [3.63, 3.8) is 0 Å². The second kappa shape index (κ2) is 9.70. The summed E-state index contributed by atoms with van der Waals surface area (Å²) in [5.41, 5.74) is -4.22. The number of halogens is 5. The topological polar surface area (TPSA) is 108 Å². The van der Waals surface area contributed by atoms with Crippen molar-refractivity contribution in [2.75, 3.05) is 14.1 Å². The standard InChI is InChI=1S/C20H16BrClF3N5O5/c1-27(2)15(31)9-29-17(32)28(3)18(33)30(19(29)34)14-7-11(4-5-12(14)21)35-16-13(22)6-10(8-26-16)20(23,24)25/h4-8H,9H2,1-3H3. The molecule has 3 rings (SSSR count). The van der Waals surface area contributed by atoms with Crippen LogP contribution in [-0.2, 0) is 24.6 Å². The van der Waals surface area contributed by atoms with Gasteiger partial charge in [-0.15, -0.1) is 0 Å². The molecule has 15 heteroatoms. The number of carbonyl (C=O) groups is 1. The Hall–Kier alpha value is -3.39. The number of hydrogen-bond donors (Lipinski definition) is 0. The molecule has 0 spiro atoms. The molecule has 0 atom stereocenters. The molecule has 2 aromatic heterocycles. The molecule has 1 amide bonds. The average molecular weight is 579 g/mol. The Morgan fingerprint density at radius 3 is 2.37 bits per heavy atom. The van der Waals surface area contributed by atoms with Crippen LogP contribution in [0.5, 0.6) is 11.6 Å². The molecule has 3 aromatic rings. The molecule has 0 radical (unpaired) electrons. The smallest absolute Gasteiger partial charge is 0.417 e. The molecular formula is C20H16BrClF3N5O5. The maximum absolute atomic E-state index is 13.1. The van der Waals surface area contributed by atoms with Crippen molar-refractivity contribution in [3.8, 4) is 17.3 Å². The number of benzene rings is 1. The summed E-state index contributed by atoms with van der Waals surface area (Å²) in [6.07, 6.45) is -4.11. The molecule has 10 nitrogen and oxygen atoms in total. The van der Waals surface area contributed by atoms with Crippen molar-refractivity contribution >= 4 is 33.4 Å². The van der Waals surface area contributed by atoms with Crippen LogP contribution >= 0.6 is 27.5 Å². The van der Waals surface area contributed by atoms with E-state index in [0.29, 0.717) is 26.0 Å². The summed E-state index contributed by atoms with van der Waals surface area (Å²) in [6, 6.07) is 4.63. The fourth-order valence-corrected chi connectivity index (χ4v) is 3.44.